The van der Waals surface area contributed by atoms with Crippen molar-refractivity contribution >= 4 is 17.5 Å². The number of hydrogen-bond donors (Lipinski definition) is 0. The van der Waals surface area contributed by atoms with Gasteiger partial charge in [0.2, 0.25) is 5.91 Å². The number of fused-ring (bicyclic) bond motifs is 5. The van der Waals surface area contributed by atoms with Crippen molar-refractivity contribution in [1.82, 2.24) is 4.90 Å². The molecule has 8 atom stereocenters. The van der Waals surface area contributed by atoms with E-state index in [0.717, 1.165) is 60.6 Å². The van der Waals surface area contributed by atoms with E-state index in [0.29, 0.717) is 23.3 Å². The van der Waals surface area contributed by atoms with Gasteiger partial charge < -0.3 is 9.64 Å². The third-order valence-corrected chi connectivity index (χ3v) is 9.99. The minimum Gasteiger partial charge on any atom is -0.490 e. The Morgan fingerprint density at radius 1 is 1.17 bits per heavy atom. The van der Waals surface area contributed by atoms with Gasteiger partial charge >= 0.3 is 0 Å². The Balaban J connectivity index is 1.40. The van der Waals surface area contributed by atoms with Crippen LogP contribution in [0.5, 0.6) is 5.75 Å². The molecule has 1 aromatic carbocycles. The van der Waals surface area contributed by atoms with E-state index in [4.69, 9.17) is 16.3 Å². The summed E-state index contributed by atoms with van der Waals surface area (Å²) in [6.07, 6.45) is 8.15. The van der Waals surface area contributed by atoms with Crippen LogP contribution in [0.3, 0.4) is 0 Å². The molecule has 5 rings (SSSR count). The summed E-state index contributed by atoms with van der Waals surface area (Å²) in [6, 6.07) is 8.27. The Labute approximate surface area is 186 Å². The molecule has 0 unspecified atom stereocenters. The zero-order chi connectivity index (χ0) is 21.3. The highest BCUT2D eigenvalue weighted by Crippen LogP contribution is 2.66. The topological polar surface area (TPSA) is 29.5 Å². The molecule has 3 saturated carbocycles. The van der Waals surface area contributed by atoms with Gasteiger partial charge in [0.25, 0.3) is 0 Å². The van der Waals surface area contributed by atoms with Crippen LogP contribution in [0.15, 0.2) is 24.3 Å². The minimum atomic E-state index is 0.271. The Morgan fingerprint density at radius 2 is 1.97 bits per heavy atom. The van der Waals surface area contributed by atoms with Crippen molar-refractivity contribution < 1.29 is 9.53 Å². The molecule has 3 aliphatic carbocycles. The van der Waals surface area contributed by atoms with Gasteiger partial charge in [0.15, 0.2) is 0 Å². The van der Waals surface area contributed by atoms with E-state index in [9.17, 15) is 4.79 Å². The second-order valence-corrected chi connectivity index (χ2v) is 11.8. The molecule has 4 fully saturated rings. The van der Waals surface area contributed by atoms with Crippen LogP contribution in [0.4, 0.5) is 0 Å². The van der Waals surface area contributed by atoms with E-state index in [1.807, 2.05) is 24.3 Å². The van der Waals surface area contributed by atoms with Crippen molar-refractivity contribution in [1.29, 1.82) is 0 Å². The van der Waals surface area contributed by atoms with Gasteiger partial charge in [-0.2, -0.15) is 0 Å². The molecule has 1 aromatic rings. The van der Waals surface area contributed by atoms with E-state index in [-0.39, 0.29) is 11.5 Å². The SMILES string of the molecule is C[C@H]1C[C@H]2N(C)C(=O)CC[C@]2(C)[C@H]2CC[C@]3(C)C[C@@H](Oc4cccc(Cl)c4)C[C@H]3[C@H]12. The Kier molecular flexibility index (Phi) is 4.93. The average molecular weight is 430 g/mol. The number of carbonyl (C=O) groups is 1. The van der Waals surface area contributed by atoms with Gasteiger partial charge in [0.1, 0.15) is 5.75 Å². The molecule has 0 N–H and O–H groups in total. The molecule has 1 aliphatic heterocycles. The van der Waals surface area contributed by atoms with Crippen LogP contribution in [-0.4, -0.2) is 30.0 Å². The molecule has 0 aromatic heterocycles. The van der Waals surface area contributed by atoms with E-state index in [1.54, 1.807) is 0 Å². The van der Waals surface area contributed by atoms with Crippen molar-refractivity contribution in [3.05, 3.63) is 29.3 Å². The lowest BCUT2D eigenvalue weighted by Crippen LogP contribution is -2.62. The number of benzene rings is 1. The van der Waals surface area contributed by atoms with Crippen LogP contribution in [0.2, 0.25) is 5.02 Å². The fourth-order valence-electron chi connectivity index (χ4n) is 8.28. The number of rotatable bonds is 2. The molecule has 1 heterocycles. The maximum absolute atomic E-state index is 12.4. The number of piperidine rings is 1. The Bertz CT molecular complexity index is 842. The summed E-state index contributed by atoms with van der Waals surface area (Å²) in [6.45, 7) is 7.48. The standard InChI is InChI=1S/C26H36ClNO2/c1-16-12-22-26(3,11-9-23(29)28(22)4)20-8-10-25(2)15-19(14-21(25)24(16)20)30-18-7-5-6-17(27)13-18/h5-7,13,16,19-22,24H,8-12,14-15H2,1-4H3/t16-,19-,20-,21-,22+,24+,25+,26+/m0/s1. The number of nitrogens with zero attached hydrogens (tertiary/aromatic N) is 1. The van der Waals surface area contributed by atoms with Gasteiger partial charge in [-0.15, -0.1) is 0 Å². The van der Waals surface area contributed by atoms with Gasteiger partial charge in [-0.3, -0.25) is 4.79 Å². The highest BCUT2D eigenvalue weighted by Gasteiger charge is 2.62. The molecule has 0 spiro atoms. The second kappa shape index (κ2) is 7.15. The van der Waals surface area contributed by atoms with Gasteiger partial charge in [-0.1, -0.05) is 38.4 Å². The zero-order valence-electron chi connectivity index (χ0n) is 18.9. The summed E-state index contributed by atoms with van der Waals surface area (Å²) in [5.74, 6) is 4.11. The third kappa shape index (κ3) is 3.10. The van der Waals surface area contributed by atoms with Crippen molar-refractivity contribution in [3.8, 4) is 5.75 Å². The Hall–Kier alpha value is -1.22. The summed E-state index contributed by atoms with van der Waals surface area (Å²) < 4.78 is 6.45. The molecule has 30 heavy (non-hydrogen) atoms. The number of likely N-dealkylation sites (tertiary alicyclic amines) is 1. The lowest BCUT2D eigenvalue weighted by atomic mass is 9.45. The quantitative estimate of drug-likeness (QED) is 0.560. The molecular formula is C26H36ClNO2. The number of halogens is 1. The first-order valence-electron chi connectivity index (χ1n) is 11.9. The number of ether oxygens (including phenoxy) is 1. The zero-order valence-corrected chi connectivity index (χ0v) is 19.6. The van der Waals surface area contributed by atoms with Gasteiger partial charge in [0.05, 0.1) is 6.10 Å². The van der Waals surface area contributed by atoms with Crippen LogP contribution in [-0.2, 0) is 4.79 Å². The molecule has 0 radical (unpaired) electrons. The minimum absolute atomic E-state index is 0.271. The summed E-state index contributed by atoms with van der Waals surface area (Å²) >= 11 is 6.18. The lowest BCUT2D eigenvalue weighted by molar-refractivity contribution is -0.164. The molecule has 164 valence electrons. The molecule has 1 amide bonds. The van der Waals surface area contributed by atoms with Crippen LogP contribution in [0.1, 0.15) is 65.7 Å². The molecule has 0 bridgehead atoms. The van der Waals surface area contributed by atoms with Crippen molar-refractivity contribution in [2.75, 3.05) is 7.05 Å². The average Bonchev–Trinajstić information content (AvgIpc) is 3.02. The predicted octanol–water partition coefficient (Wildman–Crippen LogP) is 6.20. The Morgan fingerprint density at radius 3 is 2.73 bits per heavy atom. The first-order chi connectivity index (χ1) is 14.2. The summed E-state index contributed by atoms with van der Waals surface area (Å²) in [4.78, 5) is 14.5. The first-order valence-corrected chi connectivity index (χ1v) is 12.3. The summed E-state index contributed by atoms with van der Waals surface area (Å²) in [5, 5.41) is 0.741. The predicted molar refractivity (Wildman–Crippen MR) is 121 cm³/mol. The first kappa shape index (κ1) is 20.7. The normalized spacial score (nSPS) is 45.5. The summed E-state index contributed by atoms with van der Waals surface area (Å²) in [5.41, 5.74) is 0.644. The molecule has 4 heteroatoms. The second-order valence-electron chi connectivity index (χ2n) is 11.4. The molecule has 4 aliphatic rings. The van der Waals surface area contributed by atoms with Crippen molar-refractivity contribution in [3.63, 3.8) is 0 Å². The van der Waals surface area contributed by atoms with Gasteiger partial charge in [-0.25, -0.2) is 0 Å². The lowest BCUT2D eigenvalue weighted by Gasteiger charge is -2.63. The van der Waals surface area contributed by atoms with Crippen LogP contribution < -0.4 is 4.74 Å². The maximum atomic E-state index is 12.4. The fourth-order valence-corrected chi connectivity index (χ4v) is 8.46. The largest absolute Gasteiger partial charge is 0.490 e. The fraction of sp³-hybridized carbons (Fsp3) is 0.731. The molecule has 1 saturated heterocycles. The van der Waals surface area contributed by atoms with Crippen LogP contribution in [0, 0.1) is 34.5 Å². The van der Waals surface area contributed by atoms with Crippen molar-refractivity contribution in [2.45, 2.75) is 77.9 Å². The third-order valence-electron chi connectivity index (χ3n) is 9.76. The van der Waals surface area contributed by atoms with Gasteiger partial charge in [0, 0.05) is 24.5 Å². The van der Waals surface area contributed by atoms with Crippen molar-refractivity contribution in [2.24, 2.45) is 34.5 Å². The van der Waals surface area contributed by atoms with E-state index < -0.39 is 0 Å². The number of carbonyl (C=O) groups excluding carboxylic acids is 1. The summed E-state index contributed by atoms with van der Waals surface area (Å²) in [7, 11) is 2.05. The molecule has 3 nitrogen and oxygen atoms in total. The monoisotopic (exact) mass is 429 g/mol. The van der Waals surface area contributed by atoms with E-state index in [2.05, 4.69) is 32.7 Å². The van der Waals surface area contributed by atoms with Gasteiger partial charge in [-0.05, 0) is 91.2 Å². The van der Waals surface area contributed by atoms with Crippen LogP contribution in [0.25, 0.3) is 0 Å². The van der Waals surface area contributed by atoms with E-state index in [1.165, 1.54) is 12.8 Å². The maximum Gasteiger partial charge on any atom is 0.222 e. The number of hydrogen-bond acceptors (Lipinski definition) is 2. The smallest absolute Gasteiger partial charge is 0.222 e. The highest BCUT2D eigenvalue weighted by molar-refractivity contribution is 6.30. The highest BCUT2D eigenvalue weighted by atomic mass is 35.5. The molecular weight excluding hydrogens is 394 g/mol. The van der Waals surface area contributed by atoms with Crippen LogP contribution >= 0.6 is 11.6 Å². The number of amides is 1. The van der Waals surface area contributed by atoms with E-state index >= 15 is 0 Å².